The van der Waals surface area contributed by atoms with E-state index in [1.807, 2.05) is 18.2 Å². The molecule has 1 aliphatic rings. The Bertz CT molecular complexity index is 609. The third-order valence-corrected chi connectivity index (χ3v) is 2.86. The number of nitriles is 1. The zero-order chi connectivity index (χ0) is 14.4. The van der Waals surface area contributed by atoms with Gasteiger partial charge in [-0.1, -0.05) is 48.5 Å². The molecule has 0 amide bonds. The molecule has 1 N–H and O–H groups in total. The average molecular weight is 267 g/mol. The molecule has 1 atom stereocenters. The van der Waals surface area contributed by atoms with Crippen molar-refractivity contribution in [2.45, 2.75) is 12.5 Å². The lowest BCUT2D eigenvalue weighted by Crippen LogP contribution is -2.08. The van der Waals surface area contributed by atoms with Crippen molar-refractivity contribution in [3.63, 3.8) is 0 Å². The van der Waals surface area contributed by atoms with Crippen LogP contribution in [0.2, 0.25) is 0 Å². The second-order valence-electron chi connectivity index (χ2n) is 4.21. The van der Waals surface area contributed by atoms with Crippen molar-refractivity contribution in [2.24, 2.45) is 0 Å². The third-order valence-electron chi connectivity index (χ3n) is 2.86. The lowest BCUT2D eigenvalue weighted by molar-refractivity contribution is -0.137. The maximum atomic E-state index is 10.5. The van der Waals surface area contributed by atoms with Gasteiger partial charge in [-0.3, -0.25) is 4.79 Å². The van der Waals surface area contributed by atoms with E-state index in [1.54, 1.807) is 36.4 Å². The molecular weight excluding hydrogens is 254 g/mol. The van der Waals surface area contributed by atoms with Crippen molar-refractivity contribution in [3.8, 4) is 11.8 Å². The van der Waals surface area contributed by atoms with Gasteiger partial charge in [0.15, 0.2) is 5.92 Å². The molecular formula is C16H13NO3. The molecule has 0 bridgehead atoms. The molecule has 1 unspecified atom stereocenters. The van der Waals surface area contributed by atoms with Gasteiger partial charge in [0, 0.05) is 5.56 Å². The first-order valence-corrected chi connectivity index (χ1v) is 6.10. The van der Waals surface area contributed by atoms with Crippen LogP contribution in [0.15, 0.2) is 54.6 Å². The van der Waals surface area contributed by atoms with Crippen LogP contribution in [0.4, 0.5) is 0 Å². The van der Waals surface area contributed by atoms with Gasteiger partial charge in [-0.05, 0) is 11.6 Å². The summed E-state index contributed by atoms with van der Waals surface area (Å²) >= 11 is 0. The quantitative estimate of drug-likeness (QED) is 0.908. The molecule has 1 heterocycles. The normalized spacial score (nSPS) is 12.3. The number of aliphatic carboxylic acids is 1. The summed E-state index contributed by atoms with van der Waals surface area (Å²) in [5.41, 5.74) is 1.85. The number of hydrogen-bond acceptors (Lipinski definition) is 3. The fourth-order valence-corrected chi connectivity index (χ4v) is 1.76. The molecule has 0 saturated heterocycles. The zero-order valence-electron chi connectivity index (χ0n) is 10.7. The summed E-state index contributed by atoms with van der Waals surface area (Å²) in [7, 11) is 0. The van der Waals surface area contributed by atoms with E-state index in [4.69, 9.17) is 15.1 Å². The summed E-state index contributed by atoms with van der Waals surface area (Å²) in [6.45, 7) is 0.802. The number of benzene rings is 2. The van der Waals surface area contributed by atoms with Crippen LogP contribution in [0.25, 0.3) is 0 Å². The topological polar surface area (TPSA) is 70.3 Å². The van der Waals surface area contributed by atoms with Gasteiger partial charge in [0.25, 0.3) is 0 Å². The predicted octanol–water partition coefficient (Wildman–Crippen LogP) is 2.96. The number of fused-ring (bicyclic) bond motifs is 1. The van der Waals surface area contributed by atoms with Gasteiger partial charge in [0.1, 0.15) is 12.4 Å². The van der Waals surface area contributed by atoms with E-state index in [0.29, 0.717) is 5.56 Å². The van der Waals surface area contributed by atoms with Crippen LogP contribution in [0.3, 0.4) is 0 Å². The Morgan fingerprint density at radius 2 is 1.80 bits per heavy atom. The van der Waals surface area contributed by atoms with Gasteiger partial charge in [-0.2, -0.15) is 5.26 Å². The number of carboxylic acids is 1. The lowest BCUT2D eigenvalue weighted by atomic mass is 10.0. The second kappa shape index (κ2) is 6.39. The molecule has 3 rings (SSSR count). The summed E-state index contributed by atoms with van der Waals surface area (Å²) in [4.78, 5) is 10.5. The van der Waals surface area contributed by atoms with Crippen LogP contribution < -0.4 is 4.74 Å². The Labute approximate surface area is 116 Å². The Balaban J connectivity index is 0.000000157. The maximum Gasteiger partial charge on any atom is 0.325 e. The fraction of sp³-hybridized carbons (Fsp3) is 0.125. The molecule has 100 valence electrons. The predicted molar refractivity (Wildman–Crippen MR) is 73.2 cm³/mol. The highest BCUT2D eigenvalue weighted by atomic mass is 16.5. The highest BCUT2D eigenvalue weighted by Crippen LogP contribution is 2.27. The number of carboxylic acid groups (broad SMARTS) is 1. The molecule has 0 fully saturated rings. The molecule has 4 nitrogen and oxygen atoms in total. The number of carbonyl (C=O) groups is 1. The lowest BCUT2D eigenvalue weighted by Gasteiger charge is -2.18. The van der Waals surface area contributed by atoms with Crippen LogP contribution in [-0.4, -0.2) is 11.1 Å². The van der Waals surface area contributed by atoms with E-state index < -0.39 is 11.9 Å². The minimum atomic E-state index is -1.11. The van der Waals surface area contributed by atoms with E-state index in [0.717, 1.165) is 12.4 Å². The van der Waals surface area contributed by atoms with Crippen LogP contribution >= 0.6 is 0 Å². The van der Waals surface area contributed by atoms with E-state index in [-0.39, 0.29) is 0 Å². The molecule has 0 radical (unpaired) electrons. The highest BCUT2D eigenvalue weighted by molar-refractivity contribution is 5.79. The standard InChI is InChI=1S/C9H7NO2.C7H6O/c10-6-8(9(11)12)7-4-2-1-3-5-7;1-2-4-7-6(3-1)5-8-7/h1-5,8H,(H,11,12);1-4H,5H2. The molecule has 0 saturated carbocycles. The zero-order valence-corrected chi connectivity index (χ0v) is 10.7. The van der Waals surface area contributed by atoms with Crippen molar-refractivity contribution in [1.29, 1.82) is 5.26 Å². The van der Waals surface area contributed by atoms with Crippen LogP contribution in [0, 0.1) is 11.3 Å². The third kappa shape index (κ3) is 3.15. The highest BCUT2D eigenvalue weighted by Gasteiger charge is 2.17. The van der Waals surface area contributed by atoms with Crippen molar-refractivity contribution >= 4 is 5.97 Å². The molecule has 4 heteroatoms. The largest absolute Gasteiger partial charge is 0.488 e. The Hall–Kier alpha value is -2.80. The summed E-state index contributed by atoms with van der Waals surface area (Å²) in [5.74, 6) is -1.11. The summed E-state index contributed by atoms with van der Waals surface area (Å²) in [6, 6.07) is 18.3. The number of hydrogen-bond donors (Lipinski definition) is 1. The first-order chi connectivity index (χ1) is 9.72. The smallest absolute Gasteiger partial charge is 0.325 e. The summed E-state index contributed by atoms with van der Waals surface area (Å²) in [6.07, 6.45) is 0. The minimum absolute atomic E-state index is 0.521. The molecule has 2 aromatic carbocycles. The van der Waals surface area contributed by atoms with Crippen LogP contribution in [0.5, 0.6) is 5.75 Å². The van der Waals surface area contributed by atoms with Gasteiger partial charge >= 0.3 is 5.97 Å². The van der Waals surface area contributed by atoms with E-state index >= 15 is 0 Å². The Kier molecular flexibility index (Phi) is 4.35. The monoisotopic (exact) mass is 267 g/mol. The van der Waals surface area contributed by atoms with E-state index in [1.165, 1.54) is 5.56 Å². The van der Waals surface area contributed by atoms with E-state index in [9.17, 15) is 4.79 Å². The maximum absolute atomic E-state index is 10.5. The molecule has 20 heavy (non-hydrogen) atoms. The van der Waals surface area contributed by atoms with Crippen LogP contribution in [0.1, 0.15) is 17.0 Å². The summed E-state index contributed by atoms with van der Waals surface area (Å²) < 4.78 is 5.08. The van der Waals surface area contributed by atoms with Gasteiger partial charge in [0.2, 0.25) is 0 Å². The second-order valence-corrected chi connectivity index (χ2v) is 4.21. The Morgan fingerprint density at radius 1 is 1.15 bits per heavy atom. The molecule has 2 aromatic rings. The molecule has 0 spiro atoms. The first-order valence-electron chi connectivity index (χ1n) is 6.10. The SMILES string of the molecule is N#CC(C(=O)O)c1ccccc1.c1ccc2c(c1)CO2. The van der Waals surface area contributed by atoms with Gasteiger partial charge < -0.3 is 9.84 Å². The van der Waals surface area contributed by atoms with Gasteiger partial charge in [-0.15, -0.1) is 0 Å². The molecule has 0 aliphatic carbocycles. The minimum Gasteiger partial charge on any atom is -0.488 e. The van der Waals surface area contributed by atoms with Crippen molar-refractivity contribution in [2.75, 3.05) is 0 Å². The van der Waals surface area contributed by atoms with E-state index in [2.05, 4.69) is 6.07 Å². The number of nitrogens with zero attached hydrogens (tertiary/aromatic N) is 1. The fourth-order valence-electron chi connectivity index (χ4n) is 1.76. The van der Waals surface area contributed by atoms with Gasteiger partial charge in [-0.25, -0.2) is 0 Å². The first kappa shape index (κ1) is 13.6. The number of rotatable bonds is 2. The Morgan fingerprint density at radius 3 is 2.20 bits per heavy atom. The number of para-hydroxylation sites is 1. The molecule has 0 aromatic heterocycles. The average Bonchev–Trinajstić information content (AvgIpc) is 2.43. The molecule has 1 aliphatic heterocycles. The van der Waals surface area contributed by atoms with Crippen molar-refractivity contribution in [3.05, 3.63) is 65.7 Å². The van der Waals surface area contributed by atoms with Gasteiger partial charge in [0.05, 0.1) is 6.07 Å². The van der Waals surface area contributed by atoms with Crippen LogP contribution in [-0.2, 0) is 11.4 Å². The van der Waals surface area contributed by atoms with Crippen molar-refractivity contribution < 1.29 is 14.6 Å². The number of ether oxygens (including phenoxy) is 1. The summed E-state index contributed by atoms with van der Waals surface area (Å²) in [5, 5.41) is 17.1. The van der Waals surface area contributed by atoms with Crippen molar-refractivity contribution in [1.82, 2.24) is 0 Å².